The molecule has 3 rings (SSSR count). The lowest BCUT2D eigenvalue weighted by Gasteiger charge is -2.28. The van der Waals surface area contributed by atoms with E-state index in [1.54, 1.807) is 6.07 Å². The number of esters is 1. The van der Waals surface area contributed by atoms with Gasteiger partial charge in [0.05, 0.1) is 23.8 Å². The van der Waals surface area contributed by atoms with Crippen LogP contribution >= 0.6 is 0 Å². The number of fused-ring (bicyclic) bond motifs is 1. The summed E-state index contributed by atoms with van der Waals surface area (Å²) in [6, 6.07) is 3.87. The number of carbonyl (C=O) groups is 3. The highest BCUT2D eigenvalue weighted by molar-refractivity contribution is 6.07. The van der Waals surface area contributed by atoms with Crippen LogP contribution in [0.15, 0.2) is 18.2 Å². The number of nitrogens with one attached hydrogen (secondary N) is 2. The van der Waals surface area contributed by atoms with Crippen LogP contribution in [0.4, 0.5) is 10.5 Å². The molecule has 0 aromatic heterocycles. The molecular formula is C15H18N4O4. The highest BCUT2D eigenvalue weighted by Gasteiger charge is 2.27. The van der Waals surface area contributed by atoms with Gasteiger partial charge in [-0.15, -0.1) is 0 Å². The summed E-state index contributed by atoms with van der Waals surface area (Å²) < 4.78 is 5.41. The van der Waals surface area contributed by atoms with Crippen molar-refractivity contribution in [3.8, 4) is 5.75 Å². The second kappa shape index (κ2) is 6.25. The molecule has 8 heteroatoms. The van der Waals surface area contributed by atoms with E-state index < -0.39 is 6.03 Å². The van der Waals surface area contributed by atoms with Gasteiger partial charge in [0.2, 0.25) is 0 Å². The maximum atomic E-state index is 12.2. The van der Waals surface area contributed by atoms with E-state index >= 15 is 0 Å². The van der Waals surface area contributed by atoms with Gasteiger partial charge in [-0.05, 0) is 38.1 Å². The number of carbonyl (C=O) groups excluding carboxylic acids is 3. The summed E-state index contributed by atoms with van der Waals surface area (Å²) in [7, 11) is 0. The van der Waals surface area contributed by atoms with E-state index in [1.165, 1.54) is 17.0 Å². The van der Waals surface area contributed by atoms with Crippen LogP contribution in [0.25, 0.3) is 0 Å². The number of ether oxygens (including phenoxy) is 1. The zero-order chi connectivity index (χ0) is 16.4. The predicted octanol–water partition coefficient (Wildman–Crippen LogP) is 0.178. The second-order valence-corrected chi connectivity index (χ2v) is 5.55. The minimum absolute atomic E-state index is 0.00708. The van der Waals surface area contributed by atoms with Gasteiger partial charge in [-0.2, -0.15) is 0 Å². The molecule has 8 nitrogen and oxygen atoms in total. The van der Waals surface area contributed by atoms with Crippen molar-refractivity contribution in [3.63, 3.8) is 0 Å². The molecule has 0 spiro atoms. The molecule has 0 aliphatic carbocycles. The molecule has 1 saturated heterocycles. The smallest absolute Gasteiger partial charge is 0.320 e. The van der Waals surface area contributed by atoms with Crippen molar-refractivity contribution >= 4 is 23.6 Å². The van der Waals surface area contributed by atoms with Crippen molar-refractivity contribution < 1.29 is 19.1 Å². The topological polar surface area (TPSA) is 114 Å². The van der Waals surface area contributed by atoms with Gasteiger partial charge in [-0.25, -0.2) is 4.79 Å². The van der Waals surface area contributed by atoms with Gasteiger partial charge in [0.25, 0.3) is 5.91 Å². The summed E-state index contributed by atoms with van der Waals surface area (Å²) >= 11 is 0. The van der Waals surface area contributed by atoms with Gasteiger partial charge < -0.3 is 21.1 Å². The van der Waals surface area contributed by atoms with Gasteiger partial charge in [0, 0.05) is 6.07 Å². The lowest BCUT2D eigenvalue weighted by Crippen LogP contribution is -2.48. The third kappa shape index (κ3) is 3.11. The SMILES string of the molecule is NC(=O)N1CNC(=O)c2ccc(OC(=O)C3CCNCC3)cc21. The van der Waals surface area contributed by atoms with Gasteiger partial charge >= 0.3 is 12.0 Å². The molecule has 23 heavy (non-hydrogen) atoms. The molecule has 1 aromatic rings. The fourth-order valence-electron chi connectivity index (χ4n) is 2.78. The standard InChI is InChI=1S/C15H18N4O4/c16-15(22)19-8-18-13(20)11-2-1-10(7-12(11)19)23-14(21)9-3-5-17-6-4-9/h1-2,7,9,17H,3-6,8H2,(H2,16,22)(H,18,20). The molecular weight excluding hydrogens is 300 g/mol. The molecule has 0 atom stereocenters. The van der Waals surface area contributed by atoms with E-state index in [0.717, 1.165) is 25.9 Å². The first-order chi connectivity index (χ1) is 11.1. The number of hydrogen-bond donors (Lipinski definition) is 3. The largest absolute Gasteiger partial charge is 0.426 e. The Morgan fingerprint density at radius 1 is 1.26 bits per heavy atom. The molecule has 4 N–H and O–H groups in total. The van der Waals surface area contributed by atoms with Crippen LogP contribution < -0.4 is 26.0 Å². The maximum absolute atomic E-state index is 12.2. The summed E-state index contributed by atoms with van der Waals surface area (Å²) in [5.74, 6) is -0.429. The van der Waals surface area contributed by atoms with Crippen LogP contribution in [-0.2, 0) is 4.79 Å². The van der Waals surface area contributed by atoms with Crippen LogP contribution in [0, 0.1) is 5.92 Å². The molecule has 3 amide bonds. The normalized spacial score (nSPS) is 18.1. The van der Waals surface area contributed by atoms with Crippen molar-refractivity contribution in [2.75, 3.05) is 24.7 Å². The van der Waals surface area contributed by atoms with Crippen molar-refractivity contribution in [2.24, 2.45) is 11.7 Å². The third-order valence-corrected chi connectivity index (χ3v) is 4.06. The molecule has 122 valence electrons. The number of hydrogen-bond acceptors (Lipinski definition) is 5. The average molecular weight is 318 g/mol. The highest BCUT2D eigenvalue weighted by atomic mass is 16.5. The molecule has 0 saturated carbocycles. The summed E-state index contributed by atoms with van der Waals surface area (Å²) in [5, 5.41) is 5.74. The Morgan fingerprint density at radius 3 is 2.70 bits per heavy atom. The molecule has 1 aromatic carbocycles. The Bertz CT molecular complexity index is 655. The van der Waals surface area contributed by atoms with Crippen LogP contribution in [0.5, 0.6) is 5.75 Å². The molecule has 1 fully saturated rings. The second-order valence-electron chi connectivity index (χ2n) is 5.55. The monoisotopic (exact) mass is 318 g/mol. The first-order valence-electron chi connectivity index (χ1n) is 7.48. The van der Waals surface area contributed by atoms with Crippen molar-refractivity contribution in [3.05, 3.63) is 23.8 Å². The number of primary amides is 1. The first-order valence-corrected chi connectivity index (χ1v) is 7.48. The maximum Gasteiger partial charge on any atom is 0.320 e. The number of anilines is 1. The molecule has 0 unspecified atom stereocenters. The van der Waals surface area contributed by atoms with Crippen LogP contribution in [0.1, 0.15) is 23.2 Å². The van der Waals surface area contributed by atoms with Crippen LogP contribution in [0.2, 0.25) is 0 Å². The van der Waals surface area contributed by atoms with Gasteiger partial charge in [0.15, 0.2) is 0 Å². The summed E-state index contributed by atoms with van der Waals surface area (Å²) in [6.07, 6.45) is 1.47. The Morgan fingerprint density at radius 2 is 2.00 bits per heavy atom. The zero-order valence-electron chi connectivity index (χ0n) is 12.5. The predicted molar refractivity (Wildman–Crippen MR) is 82.1 cm³/mol. The van der Waals surface area contributed by atoms with E-state index in [-0.39, 0.29) is 24.5 Å². The summed E-state index contributed by atoms with van der Waals surface area (Å²) in [4.78, 5) is 36.7. The van der Waals surface area contributed by atoms with Gasteiger partial charge in [-0.1, -0.05) is 0 Å². The Kier molecular flexibility index (Phi) is 4.16. The summed E-state index contributed by atoms with van der Waals surface area (Å²) in [6.45, 7) is 1.58. The fraction of sp³-hybridized carbons (Fsp3) is 0.400. The number of piperidine rings is 1. The molecule has 2 heterocycles. The number of benzene rings is 1. The number of urea groups is 1. The Balaban J connectivity index is 1.81. The molecule has 2 aliphatic heterocycles. The fourth-order valence-corrected chi connectivity index (χ4v) is 2.78. The van der Waals surface area contributed by atoms with E-state index in [9.17, 15) is 14.4 Å². The van der Waals surface area contributed by atoms with Gasteiger partial charge in [0.1, 0.15) is 5.75 Å². The Labute approximate surface area is 133 Å². The van der Waals surface area contributed by atoms with Crippen molar-refractivity contribution in [1.82, 2.24) is 10.6 Å². The number of amides is 3. The van der Waals surface area contributed by atoms with E-state index in [2.05, 4.69) is 10.6 Å². The first kappa shape index (κ1) is 15.3. The third-order valence-electron chi connectivity index (χ3n) is 4.06. The van der Waals surface area contributed by atoms with Crippen molar-refractivity contribution in [1.29, 1.82) is 0 Å². The lowest BCUT2D eigenvalue weighted by molar-refractivity contribution is -0.139. The van der Waals surface area contributed by atoms with Crippen molar-refractivity contribution in [2.45, 2.75) is 12.8 Å². The van der Waals surface area contributed by atoms with Crippen LogP contribution in [-0.4, -0.2) is 37.7 Å². The number of rotatable bonds is 2. The molecule has 0 bridgehead atoms. The highest BCUT2D eigenvalue weighted by Crippen LogP contribution is 2.29. The quantitative estimate of drug-likeness (QED) is 0.531. The number of nitrogens with zero attached hydrogens (tertiary/aromatic N) is 1. The van der Waals surface area contributed by atoms with E-state index in [4.69, 9.17) is 10.5 Å². The summed E-state index contributed by atoms with van der Waals surface area (Å²) in [5.41, 5.74) is 5.98. The van der Waals surface area contributed by atoms with E-state index in [1.807, 2.05) is 0 Å². The molecule has 2 aliphatic rings. The minimum Gasteiger partial charge on any atom is -0.426 e. The number of nitrogens with two attached hydrogens (primary N) is 1. The molecule has 0 radical (unpaired) electrons. The minimum atomic E-state index is -0.687. The lowest BCUT2D eigenvalue weighted by atomic mass is 9.98. The zero-order valence-corrected chi connectivity index (χ0v) is 12.5. The van der Waals surface area contributed by atoms with E-state index in [0.29, 0.717) is 17.0 Å². The van der Waals surface area contributed by atoms with Crippen LogP contribution in [0.3, 0.4) is 0 Å². The Hall–Kier alpha value is -2.61. The average Bonchev–Trinajstić information content (AvgIpc) is 2.55. The van der Waals surface area contributed by atoms with Gasteiger partial charge in [-0.3, -0.25) is 14.5 Å².